The Bertz CT molecular complexity index is 1030. The van der Waals surface area contributed by atoms with Crippen LogP contribution in [-0.4, -0.2) is 17.6 Å². The number of benzene rings is 2. The Morgan fingerprint density at radius 1 is 1.28 bits per heavy atom. The minimum absolute atomic E-state index is 0.0418. The molecule has 1 aliphatic heterocycles. The van der Waals surface area contributed by atoms with E-state index in [-0.39, 0.29) is 29.9 Å². The van der Waals surface area contributed by atoms with Gasteiger partial charge in [-0.15, -0.1) is 0 Å². The standard InChI is InChI=1S/C21H17Cl2N3O2S/c1-12-17(23)3-2-4-18(12)25-20(28)11-29-21-16(10-24)15(9-19(27)26-21)13-5-7-14(22)8-6-13/h2-8,15H,9,11H2,1H3,(H,25,28)(H,26,27)/t15-/m1/s1. The Hall–Kier alpha value is -2.46. The molecule has 0 radical (unpaired) electrons. The van der Waals surface area contributed by atoms with Crippen LogP contribution in [-0.2, 0) is 9.59 Å². The molecule has 0 aliphatic carbocycles. The molecule has 0 saturated carbocycles. The molecule has 2 aromatic rings. The first-order valence-electron chi connectivity index (χ1n) is 8.76. The highest BCUT2D eigenvalue weighted by Gasteiger charge is 2.29. The van der Waals surface area contributed by atoms with Gasteiger partial charge in [0.15, 0.2) is 0 Å². The molecule has 0 unspecified atom stereocenters. The fourth-order valence-electron chi connectivity index (χ4n) is 2.98. The van der Waals surface area contributed by atoms with Gasteiger partial charge in [-0.3, -0.25) is 9.59 Å². The highest BCUT2D eigenvalue weighted by molar-refractivity contribution is 8.03. The molecule has 0 spiro atoms. The van der Waals surface area contributed by atoms with Crippen molar-refractivity contribution < 1.29 is 9.59 Å². The van der Waals surface area contributed by atoms with Crippen LogP contribution < -0.4 is 10.6 Å². The van der Waals surface area contributed by atoms with Gasteiger partial charge in [-0.05, 0) is 42.3 Å². The van der Waals surface area contributed by atoms with E-state index in [1.807, 2.05) is 6.92 Å². The van der Waals surface area contributed by atoms with E-state index in [4.69, 9.17) is 23.2 Å². The van der Waals surface area contributed by atoms with Crippen LogP contribution in [0.25, 0.3) is 0 Å². The molecule has 0 bridgehead atoms. The van der Waals surface area contributed by atoms with Crippen molar-refractivity contribution in [2.24, 2.45) is 0 Å². The first-order valence-corrected chi connectivity index (χ1v) is 10.5. The van der Waals surface area contributed by atoms with Crippen LogP contribution >= 0.6 is 35.0 Å². The van der Waals surface area contributed by atoms with Gasteiger partial charge in [0.1, 0.15) is 0 Å². The lowest BCUT2D eigenvalue weighted by Gasteiger charge is -2.25. The predicted molar refractivity (Wildman–Crippen MR) is 117 cm³/mol. The molecule has 0 aromatic heterocycles. The lowest BCUT2D eigenvalue weighted by Crippen LogP contribution is -2.31. The summed E-state index contributed by atoms with van der Waals surface area (Å²) in [7, 11) is 0. The Labute approximate surface area is 183 Å². The Kier molecular flexibility index (Phi) is 6.86. The summed E-state index contributed by atoms with van der Waals surface area (Å²) in [5.41, 5.74) is 2.67. The van der Waals surface area contributed by atoms with Gasteiger partial charge in [0.05, 0.1) is 22.4 Å². The van der Waals surface area contributed by atoms with E-state index in [9.17, 15) is 14.9 Å². The molecule has 148 valence electrons. The molecule has 1 heterocycles. The summed E-state index contributed by atoms with van der Waals surface area (Å²) < 4.78 is 0. The summed E-state index contributed by atoms with van der Waals surface area (Å²) in [6.45, 7) is 1.82. The Balaban J connectivity index is 1.76. The molecule has 8 heteroatoms. The average Bonchev–Trinajstić information content (AvgIpc) is 2.70. The maximum atomic E-state index is 12.4. The zero-order valence-corrected chi connectivity index (χ0v) is 17.8. The number of carbonyl (C=O) groups excluding carboxylic acids is 2. The second kappa shape index (κ2) is 9.36. The molecule has 3 rings (SSSR count). The molecular formula is C21H17Cl2N3O2S. The second-order valence-corrected chi connectivity index (χ2v) is 8.29. The first kappa shape index (κ1) is 21.3. The van der Waals surface area contributed by atoms with Crippen LogP contribution in [0.4, 0.5) is 5.69 Å². The van der Waals surface area contributed by atoms with Crippen molar-refractivity contribution in [1.82, 2.24) is 5.32 Å². The third-order valence-corrected chi connectivity index (χ3v) is 6.20. The number of nitriles is 1. The summed E-state index contributed by atoms with van der Waals surface area (Å²) in [5.74, 6) is -0.780. The molecule has 2 N–H and O–H groups in total. The van der Waals surface area contributed by atoms with E-state index in [2.05, 4.69) is 16.7 Å². The zero-order chi connectivity index (χ0) is 21.0. The molecule has 0 saturated heterocycles. The van der Waals surface area contributed by atoms with Crippen LogP contribution in [0.2, 0.25) is 10.0 Å². The molecule has 5 nitrogen and oxygen atoms in total. The summed E-state index contributed by atoms with van der Waals surface area (Å²) >= 11 is 13.1. The van der Waals surface area contributed by atoms with E-state index in [1.54, 1.807) is 42.5 Å². The normalized spacial score (nSPS) is 16.2. The van der Waals surface area contributed by atoms with E-state index in [1.165, 1.54) is 0 Å². The summed E-state index contributed by atoms with van der Waals surface area (Å²) in [4.78, 5) is 24.6. The third-order valence-electron chi connectivity index (χ3n) is 4.52. The van der Waals surface area contributed by atoms with Crippen molar-refractivity contribution in [3.63, 3.8) is 0 Å². The largest absolute Gasteiger partial charge is 0.325 e. The maximum absolute atomic E-state index is 12.4. The van der Waals surface area contributed by atoms with Crippen LogP contribution in [0.1, 0.15) is 23.5 Å². The number of halogens is 2. The number of nitrogens with one attached hydrogen (secondary N) is 2. The number of amides is 2. The lowest BCUT2D eigenvalue weighted by atomic mass is 9.87. The molecular weight excluding hydrogens is 429 g/mol. The van der Waals surface area contributed by atoms with Crippen LogP contribution in [0.15, 0.2) is 53.1 Å². The van der Waals surface area contributed by atoms with Gasteiger partial charge in [0.2, 0.25) is 11.8 Å². The van der Waals surface area contributed by atoms with Gasteiger partial charge < -0.3 is 10.6 Å². The second-order valence-electron chi connectivity index (χ2n) is 6.46. The van der Waals surface area contributed by atoms with Gasteiger partial charge in [-0.25, -0.2) is 0 Å². The molecule has 2 amide bonds. The van der Waals surface area contributed by atoms with E-state index in [0.29, 0.717) is 26.3 Å². The van der Waals surface area contributed by atoms with E-state index < -0.39 is 0 Å². The monoisotopic (exact) mass is 445 g/mol. The molecule has 1 aliphatic rings. The molecule has 2 aromatic carbocycles. The van der Waals surface area contributed by atoms with E-state index >= 15 is 0 Å². The lowest BCUT2D eigenvalue weighted by molar-refractivity contribution is -0.121. The maximum Gasteiger partial charge on any atom is 0.234 e. The number of anilines is 1. The van der Waals surface area contributed by atoms with Gasteiger partial charge in [0.25, 0.3) is 0 Å². The number of allylic oxidation sites excluding steroid dienone is 1. The summed E-state index contributed by atoms with van der Waals surface area (Å²) in [5, 5.41) is 16.8. The SMILES string of the molecule is Cc1c(Cl)cccc1NC(=O)CSC1=C(C#N)[C@@H](c2ccc(Cl)cc2)CC(=O)N1. The number of carbonyl (C=O) groups is 2. The Morgan fingerprint density at radius 3 is 2.69 bits per heavy atom. The highest BCUT2D eigenvalue weighted by atomic mass is 35.5. The topological polar surface area (TPSA) is 82.0 Å². The van der Waals surface area contributed by atoms with Crippen molar-refractivity contribution in [1.29, 1.82) is 5.26 Å². The molecule has 29 heavy (non-hydrogen) atoms. The smallest absolute Gasteiger partial charge is 0.234 e. The number of thioether (sulfide) groups is 1. The number of nitrogens with zero attached hydrogens (tertiary/aromatic N) is 1. The van der Waals surface area contributed by atoms with Crippen molar-refractivity contribution in [2.75, 3.05) is 11.1 Å². The highest BCUT2D eigenvalue weighted by Crippen LogP contribution is 2.36. The minimum atomic E-state index is -0.369. The van der Waals surface area contributed by atoms with Gasteiger partial charge in [0, 0.05) is 28.1 Å². The fraction of sp³-hybridized carbons (Fsp3) is 0.190. The minimum Gasteiger partial charge on any atom is -0.325 e. The fourth-order valence-corrected chi connectivity index (χ4v) is 4.16. The van der Waals surface area contributed by atoms with Crippen LogP contribution in [0.3, 0.4) is 0 Å². The predicted octanol–water partition coefficient (Wildman–Crippen LogP) is 5.01. The van der Waals surface area contributed by atoms with Crippen molar-refractivity contribution in [2.45, 2.75) is 19.3 Å². The number of hydrogen-bond donors (Lipinski definition) is 2. The number of rotatable bonds is 5. The Morgan fingerprint density at radius 2 is 2.00 bits per heavy atom. The van der Waals surface area contributed by atoms with Crippen molar-refractivity contribution in [3.05, 3.63) is 74.2 Å². The van der Waals surface area contributed by atoms with Crippen molar-refractivity contribution in [3.8, 4) is 6.07 Å². The molecule has 0 fully saturated rings. The average molecular weight is 446 g/mol. The van der Waals surface area contributed by atoms with Gasteiger partial charge >= 0.3 is 0 Å². The van der Waals surface area contributed by atoms with Crippen LogP contribution in [0, 0.1) is 18.3 Å². The molecule has 1 atom stereocenters. The zero-order valence-electron chi connectivity index (χ0n) is 15.5. The quantitative estimate of drug-likeness (QED) is 0.677. The van der Waals surface area contributed by atoms with Gasteiger partial charge in [-0.1, -0.05) is 53.2 Å². The summed E-state index contributed by atoms with van der Waals surface area (Å²) in [6, 6.07) is 14.5. The number of hydrogen-bond acceptors (Lipinski definition) is 4. The first-order chi connectivity index (χ1) is 13.9. The van der Waals surface area contributed by atoms with Crippen LogP contribution in [0.5, 0.6) is 0 Å². The third kappa shape index (κ3) is 5.13. The summed E-state index contributed by atoms with van der Waals surface area (Å²) in [6.07, 6.45) is 0.169. The van der Waals surface area contributed by atoms with Gasteiger partial charge in [-0.2, -0.15) is 5.26 Å². The van der Waals surface area contributed by atoms with E-state index in [0.717, 1.165) is 22.9 Å². The van der Waals surface area contributed by atoms with Crippen molar-refractivity contribution >= 4 is 52.5 Å².